The van der Waals surface area contributed by atoms with Gasteiger partial charge in [0.15, 0.2) is 11.5 Å². The highest BCUT2D eigenvalue weighted by atomic mass is 16.5. The zero-order chi connectivity index (χ0) is 32.2. The number of carbonyl (C=O) groups excluding carboxylic acids is 2. The third kappa shape index (κ3) is 6.42. The molecule has 0 radical (unpaired) electrons. The lowest BCUT2D eigenvalue weighted by atomic mass is 9.95. The lowest BCUT2D eigenvalue weighted by Crippen LogP contribution is -2.33. The molecule has 1 aliphatic rings. The minimum absolute atomic E-state index is 0.214. The molecule has 1 aromatic heterocycles. The fourth-order valence-corrected chi connectivity index (χ4v) is 5.51. The first-order valence-corrected chi connectivity index (χ1v) is 14.3. The van der Waals surface area contributed by atoms with Crippen molar-refractivity contribution >= 4 is 23.2 Å². The van der Waals surface area contributed by atoms with Gasteiger partial charge < -0.3 is 30.2 Å². The highest BCUT2D eigenvalue weighted by Crippen LogP contribution is 2.50. The molecule has 2 amide bonds. The number of carbonyl (C=O) groups is 2. The smallest absolute Gasteiger partial charge is 0.246 e. The molecule has 3 N–H and O–H groups in total. The van der Waals surface area contributed by atoms with Crippen molar-refractivity contribution in [3.05, 3.63) is 69.9 Å². The van der Waals surface area contributed by atoms with Crippen LogP contribution in [0.4, 0.5) is 11.4 Å². The fourth-order valence-electron chi connectivity index (χ4n) is 5.51. The summed E-state index contributed by atoms with van der Waals surface area (Å²) in [7, 11) is 6.30. The van der Waals surface area contributed by atoms with Crippen LogP contribution < -0.4 is 35.6 Å². The second-order valence-electron chi connectivity index (χ2n) is 10.6. The zero-order valence-electron chi connectivity index (χ0n) is 25.9. The van der Waals surface area contributed by atoms with Crippen LogP contribution in [-0.4, -0.2) is 59.4 Å². The van der Waals surface area contributed by atoms with Gasteiger partial charge in [0, 0.05) is 23.7 Å². The van der Waals surface area contributed by atoms with Gasteiger partial charge in [-0.15, -0.1) is 10.2 Å². The molecule has 45 heavy (non-hydrogen) atoms. The molecule has 2 atom stereocenters. The molecule has 0 unspecified atom stereocenters. The Morgan fingerprint density at radius 2 is 1.80 bits per heavy atom. The standard InChI is InChI=1S/C32H35N7O6/c1-17(32(42)35-21-9-7-8-20(14-21)31-36-38-39(3)37-31)33-25-13-11-22-23(16-26(25)41)24(34-18(2)40)12-10-19-15-27(43-4)29(44-5)30(45-6)28(19)22/h7-9,11,13-17,24H,10,12H2,1-6H3,(H,33,41)(H,34,40)(H,35,42)/t17-,24-/m1/s1. The molecule has 5 rings (SSSR count). The average Bonchev–Trinajstić information content (AvgIpc) is 3.33. The van der Waals surface area contributed by atoms with Crippen molar-refractivity contribution in [3.8, 4) is 39.8 Å². The summed E-state index contributed by atoms with van der Waals surface area (Å²) < 4.78 is 17.1. The van der Waals surface area contributed by atoms with Crippen LogP contribution in [0.25, 0.3) is 22.5 Å². The molecule has 0 spiro atoms. The third-order valence-electron chi connectivity index (χ3n) is 7.58. The number of aromatic nitrogens is 4. The molecule has 1 heterocycles. The molecule has 0 saturated carbocycles. The van der Waals surface area contributed by atoms with E-state index in [-0.39, 0.29) is 22.9 Å². The normalized spacial score (nSPS) is 14.2. The summed E-state index contributed by atoms with van der Waals surface area (Å²) in [6.45, 7) is 3.11. The summed E-state index contributed by atoms with van der Waals surface area (Å²) >= 11 is 0. The predicted octanol–water partition coefficient (Wildman–Crippen LogP) is 3.49. The third-order valence-corrected chi connectivity index (χ3v) is 7.58. The maximum absolute atomic E-state index is 13.6. The highest BCUT2D eigenvalue weighted by molar-refractivity contribution is 5.96. The number of aryl methyl sites for hydroxylation is 2. The maximum atomic E-state index is 13.6. The van der Waals surface area contributed by atoms with E-state index < -0.39 is 12.1 Å². The van der Waals surface area contributed by atoms with E-state index in [1.807, 2.05) is 12.1 Å². The number of benzene rings is 2. The van der Waals surface area contributed by atoms with Crippen molar-refractivity contribution in [2.24, 2.45) is 7.05 Å². The highest BCUT2D eigenvalue weighted by Gasteiger charge is 2.29. The van der Waals surface area contributed by atoms with Gasteiger partial charge in [0.05, 0.1) is 40.1 Å². The second kappa shape index (κ2) is 13.0. The number of amides is 2. The molecule has 3 aromatic carbocycles. The van der Waals surface area contributed by atoms with Crippen LogP contribution in [0.5, 0.6) is 17.2 Å². The molecule has 13 nitrogen and oxygen atoms in total. The van der Waals surface area contributed by atoms with Crippen molar-refractivity contribution in [1.29, 1.82) is 0 Å². The Hall–Kier alpha value is -5.46. The summed E-state index contributed by atoms with van der Waals surface area (Å²) in [6.07, 6.45) is 1.12. The number of rotatable bonds is 9. The summed E-state index contributed by atoms with van der Waals surface area (Å²) in [5, 5.41) is 21.0. The Bertz CT molecular complexity index is 1820. The molecule has 234 valence electrons. The molecule has 0 bridgehead atoms. The van der Waals surface area contributed by atoms with Gasteiger partial charge in [-0.1, -0.05) is 18.2 Å². The van der Waals surface area contributed by atoms with E-state index in [0.717, 1.165) is 11.1 Å². The topological polar surface area (TPSA) is 159 Å². The van der Waals surface area contributed by atoms with E-state index >= 15 is 0 Å². The summed E-state index contributed by atoms with van der Waals surface area (Å²) in [5.41, 5.74) is 4.07. The molecule has 13 heteroatoms. The number of nitrogens with zero attached hydrogens (tertiary/aromatic N) is 4. The van der Waals surface area contributed by atoms with Crippen LogP contribution in [0.15, 0.2) is 53.3 Å². The summed E-state index contributed by atoms with van der Waals surface area (Å²) in [6, 6.07) is 12.7. The molecule has 0 saturated heterocycles. The van der Waals surface area contributed by atoms with Gasteiger partial charge in [-0.05, 0) is 72.0 Å². The summed E-state index contributed by atoms with van der Waals surface area (Å²) in [4.78, 5) is 40.4. The quantitative estimate of drug-likeness (QED) is 0.255. The molecular formula is C32H35N7O6. The molecular weight excluding hydrogens is 578 g/mol. The van der Waals surface area contributed by atoms with Gasteiger partial charge in [0.25, 0.3) is 0 Å². The summed E-state index contributed by atoms with van der Waals surface area (Å²) in [5.74, 6) is 1.24. The zero-order valence-corrected chi connectivity index (χ0v) is 25.9. The number of hydrogen-bond acceptors (Lipinski definition) is 10. The van der Waals surface area contributed by atoms with E-state index in [1.165, 1.54) is 24.9 Å². The van der Waals surface area contributed by atoms with Crippen molar-refractivity contribution in [1.82, 2.24) is 25.5 Å². The lowest BCUT2D eigenvalue weighted by Gasteiger charge is -2.19. The van der Waals surface area contributed by atoms with E-state index in [2.05, 4.69) is 31.4 Å². The van der Waals surface area contributed by atoms with Gasteiger partial charge in [0.1, 0.15) is 6.04 Å². The lowest BCUT2D eigenvalue weighted by molar-refractivity contribution is -0.119. The van der Waals surface area contributed by atoms with Gasteiger partial charge in [-0.2, -0.15) is 4.80 Å². The first-order valence-electron chi connectivity index (χ1n) is 14.3. The number of anilines is 2. The van der Waals surface area contributed by atoms with Crippen LogP contribution in [0, 0.1) is 0 Å². The van der Waals surface area contributed by atoms with E-state index in [0.29, 0.717) is 58.3 Å². The van der Waals surface area contributed by atoms with Crippen LogP contribution in [0.2, 0.25) is 0 Å². The fraction of sp³-hybridized carbons (Fsp3) is 0.312. The minimum atomic E-state index is -0.782. The van der Waals surface area contributed by atoms with Crippen LogP contribution in [0.1, 0.15) is 37.4 Å². The van der Waals surface area contributed by atoms with Crippen molar-refractivity contribution in [2.75, 3.05) is 32.0 Å². The molecule has 4 aromatic rings. The van der Waals surface area contributed by atoms with Gasteiger partial charge in [-0.3, -0.25) is 14.4 Å². The monoisotopic (exact) mass is 613 g/mol. The average molecular weight is 614 g/mol. The van der Waals surface area contributed by atoms with Crippen LogP contribution in [0.3, 0.4) is 0 Å². The minimum Gasteiger partial charge on any atom is -0.493 e. The molecule has 1 aliphatic carbocycles. The Balaban J connectivity index is 1.50. The predicted molar refractivity (Wildman–Crippen MR) is 169 cm³/mol. The number of hydrogen-bond donors (Lipinski definition) is 3. The number of ether oxygens (including phenoxy) is 3. The first-order chi connectivity index (χ1) is 21.6. The van der Waals surface area contributed by atoms with Gasteiger partial charge >= 0.3 is 0 Å². The van der Waals surface area contributed by atoms with Crippen molar-refractivity contribution < 1.29 is 23.8 Å². The van der Waals surface area contributed by atoms with Crippen molar-refractivity contribution in [2.45, 2.75) is 38.8 Å². The van der Waals surface area contributed by atoms with Gasteiger partial charge in [-0.25, -0.2) is 0 Å². The number of fused-ring (bicyclic) bond motifs is 3. The Morgan fingerprint density at radius 1 is 1.02 bits per heavy atom. The van der Waals surface area contributed by atoms with E-state index in [1.54, 1.807) is 58.5 Å². The van der Waals surface area contributed by atoms with Crippen molar-refractivity contribution in [3.63, 3.8) is 0 Å². The van der Waals surface area contributed by atoms with E-state index in [9.17, 15) is 14.4 Å². The Labute approximate surface area is 259 Å². The molecule has 0 aliphatic heterocycles. The Kier molecular flexibility index (Phi) is 8.98. The van der Waals surface area contributed by atoms with Crippen LogP contribution >= 0.6 is 0 Å². The number of methoxy groups -OCH3 is 3. The SMILES string of the molecule is COc1cc2c(c(OC)c1OC)-c1ccc(N[C@H](C)C(=O)Nc3cccc(-c4nnn(C)n4)c3)c(=O)cc1[C@H](NC(C)=O)CC2. The number of nitrogens with one attached hydrogen (secondary N) is 3. The van der Waals surface area contributed by atoms with Gasteiger partial charge in [0.2, 0.25) is 28.8 Å². The van der Waals surface area contributed by atoms with Crippen LogP contribution in [-0.2, 0) is 23.1 Å². The Morgan fingerprint density at radius 3 is 2.47 bits per heavy atom. The molecule has 0 fully saturated rings. The number of tetrazole rings is 1. The first kappa shape index (κ1) is 31.0. The largest absolute Gasteiger partial charge is 0.493 e. The van der Waals surface area contributed by atoms with E-state index in [4.69, 9.17) is 14.2 Å². The maximum Gasteiger partial charge on any atom is 0.246 e. The second-order valence-corrected chi connectivity index (χ2v) is 10.6.